The van der Waals surface area contributed by atoms with E-state index in [9.17, 15) is 14.7 Å². The lowest BCUT2D eigenvalue weighted by Gasteiger charge is -2.06. The predicted octanol–water partition coefficient (Wildman–Crippen LogP) is -0.811. The summed E-state index contributed by atoms with van der Waals surface area (Å²) in [6.45, 7) is -0.285. The van der Waals surface area contributed by atoms with Crippen LogP contribution in [-0.4, -0.2) is 23.5 Å². The molecule has 6 heteroatoms. The molecule has 1 aromatic carbocycles. The van der Waals surface area contributed by atoms with Crippen molar-refractivity contribution in [3.05, 3.63) is 23.8 Å². The Morgan fingerprint density at radius 2 is 2.07 bits per heavy atom. The van der Waals surface area contributed by atoms with E-state index in [4.69, 9.17) is 11.5 Å². The third kappa shape index (κ3) is 2.60. The second-order valence-corrected chi connectivity index (χ2v) is 2.89. The quantitative estimate of drug-likeness (QED) is 0.384. The van der Waals surface area contributed by atoms with Gasteiger partial charge < -0.3 is 21.9 Å². The molecule has 0 saturated carbocycles. The maximum Gasteiger partial charge on any atom is 0.255 e. The minimum Gasteiger partial charge on any atom is -0.505 e. The van der Waals surface area contributed by atoms with Gasteiger partial charge in [0.15, 0.2) is 5.75 Å². The summed E-state index contributed by atoms with van der Waals surface area (Å²) >= 11 is 0. The van der Waals surface area contributed by atoms with Crippen LogP contribution in [-0.2, 0) is 4.79 Å². The fraction of sp³-hybridized carbons (Fsp3) is 0.111. The standard InChI is InChI=1S/C9H11N3O3/c10-6-3-1-2-5(8(6)14)9(15)12-4-7(11)13/h1-3,14H,4,10H2,(H2,11,13)(H,12,15). The fourth-order valence-electron chi connectivity index (χ4n) is 1.01. The van der Waals surface area contributed by atoms with Crippen LogP contribution in [0.5, 0.6) is 5.75 Å². The molecule has 6 N–H and O–H groups in total. The Bertz CT molecular complexity index is 404. The van der Waals surface area contributed by atoms with Gasteiger partial charge in [-0.25, -0.2) is 0 Å². The number of para-hydroxylation sites is 1. The third-order valence-electron chi connectivity index (χ3n) is 1.74. The molecule has 0 heterocycles. The van der Waals surface area contributed by atoms with Gasteiger partial charge in [0.2, 0.25) is 5.91 Å². The molecule has 2 amide bonds. The number of nitrogen functional groups attached to an aromatic ring is 1. The van der Waals surface area contributed by atoms with Crippen LogP contribution in [0, 0.1) is 0 Å². The molecular formula is C9H11N3O3. The molecule has 15 heavy (non-hydrogen) atoms. The summed E-state index contributed by atoms with van der Waals surface area (Å²) in [6, 6.07) is 4.37. The van der Waals surface area contributed by atoms with Crippen molar-refractivity contribution in [3.8, 4) is 5.75 Å². The van der Waals surface area contributed by atoms with Gasteiger partial charge in [0.1, 0.15) is 0 Å². The molecule has 0 saturated heterocycles. The fourth-order valence-corrected chi connectivity index (χ4v) is 1.01. The van der Waals surface area contributed by atoms with Crippen molar-refractivity contribution in [2.24, 2.45) is 5.73 Å². The Morgan fingerprint density at radius 1 is 1.40 bits per heavy atom. The molecule has 0 spiro atoms. The highest BCUT2D eigenvalue weighted by Gasteiger charge is 2.12. The molecule has 0 unspecified atom stereocenters. The second-order valence-electron chi connectivity index (χ2n) is 2.89. The van der Waals surface area contributed by atoms with Crippen molar-refractivity contribution in [3.63, 3.8) is 0 Å². The molecule has 0 aliphatic heterocycles. The molecule has 0 aromatic heterocycles. The molecule has 6 nitrogen and oxygen atoms in total. The van der Waals surface area contributed by atoms with Crippen molar-refractivity contribution in [2.45, 2.75) is 0 Å². The predicted molar refractivity (Wildman–Crippen MR) is 54.0 cm³/mol. The van der Waals surface area contributed by atoms with Gasteiger partial charge in [-0.2, -0.15) is 0 Å². The van der Waals surface area contributed by atoms with E-state index in [-0.39, 0.29) is 23.5 Å². The summed E-state index contributed by atoms with van der Waals surface area (Å²) < 4.78 is 0. The van der Waals surface area contributed by atoms with Crippen molar-refractivity contribution in [1.29, 1.82) is 0 Å². The SMILES string of the molecule is NC(=O)CNC(=O)c1cccc(N)c1O. The van der Waals surface area contributed by atoms with Gasteiger partial charge in [0.05, 0.1) is 17.8 Å². The van der Waals surface area contributed by atoms with Crippen LogP contribution < -0.4 is 16.8 Å². The zero-order valence-electron chi connectivity index (χ0n) is 7.86. The Hall–Kier alpha value is -2.24. The van der Waals surface area contributed by atoms with E-state index < -0.39 is 11.8 Å². The Balaban J connectivity index is 2.82. The first-order valence-corrected chi connectivity index (χ1v) is 4.16. The number of phenols is 1. The smallest absolute Gasteiger partial charge is 0.255 e. The minimum atomic E-state index is -0.660. The van der Waals surface area contributed by atoms with Crippen LogP contribution >= 0.6 is 0 Å². The van der Waals surface area contributed by atoms with Crippen LogP contribution in [0.2, 0.25) is 0 Å². The van der Waals surface area contributed by atoms with Gasteiger partial charge in [-0.3, -0.25) is 9.59 Å². The van der Waals surface area contributed by atoms with Gasteiger partial charge >= 0.3 is 0 Å². The number of rotatable bonds is 3. The van der Waals surface area contributed by atoms with Crippen LogP contribution in [0.15, 0.2) is 18.2 Å². The number of phenolic OH excluding ortho intramolecular Hbond substituents is 1. The number of carbonyl (C=O) groups is 2. The number of anilines is 1. The van der Waals surface area contributed by atoms with Crippen LogP contribution in [0.1, 0.15) is 10.4 Å². The number of nitrogens with two attached hydrogens (primary N) is 2. The molecule has 0 aliphatic rings. The normalized spacial score (nSPS) is 9.60. The Kier molecular flexibility index (Phi) is 3.12. The number of aromatic hydroxyl groups is 1. The average Bonchev–Trinajstić information content (AvgIpc) is 2.18. The van der Waals surface area contributed by atoms with Gasteiger partial charge in [0.25, 0.3) is 5.91 Å². The summed E-state index contributed by atoms with van der Waals surface area (Å²) in [5.74, 6) is -1.56. The molecule has 0 radical (unpaired) electrons. The summed E-state index contributed by atoms with van der Waals surface area (Å²) in [5, 5.41) is 11.7. The van der Waals surface area contributed by atoms with Gasteiger partial charge in [0, 0.05) is 0 Å². The maximum absolute atomic E-state index is 11.4. The molecule has 1 rings (SSSR count). The van der Waals surface area contributed by atoms with Crippen molar-refractivity contribution in [1.82, 2.24) is 5.32 Å². The molecule has 0 bridgehead atoms. The van der Waals surface area contributed by atoms with E-state index >= 15 is 0 Å². The van der Waals surface area contributed by atoms with Crippen molar-refractivity contribution >= 4 is 17.5 Å². The second kappa shape index (κ2) is 4.32. The number of nitrogens with one attached hydrogen (secondary N) is 1. The van der Waals surface area contributed by atoms with E-state index in [1.54, 1.807) is 0 Å². The van der Waals surface area contributed by atoms with Gasteiger partial charge in [-0.05, 0) is 12.1 Å². The van der Waals surface area contributed by atoms with Crippen LogP contribution in [0.3, 0.4) is 0 Å². The summed E-state index contributed by atoms with van der Waals surface area (Å²) in [5.41, 5.74) is 10.3. The maximum atomic E-state index is 11.4. The number of benzene rings is 1. The van der Waals surface area contributed by atoms with E-state index in [1.165, 1.54) is 18.2 Å². The minimum absolute atomic E-state index is 0.0104. The summed E-state index contributed by atoms with van der Waals surface area (Å²) in [7, 11) is 0. The lowest BCUT2D eigenvalue weighted by atomic mass is 10.1. The van der Waals surface area contributed by atoms with Crippen LogP contribution in [0.25, 0.3) is 0 Å². The van der Waals surface area contributed by atoms with Crippen molar-refractivity contribution in [2.75, 3.05) is 12.3 Å². The van der Waals surface area contributed by atoms with Gasteiger partial charge in [-0.1, -0.05) is 6.07 Å². The summed E-state index contributed by atoms with van der Waals surface area (Å²) in [6.07, 6.45) is 0. The highest BCUT2D eigenvalue weighted by Crippen LogP contribution is 2.23. The largest absolute Gasteiger partial charge is 0.505 e. The number of amides is 2. The first-order valence-electron chi connectivity index (χ1n) is 4.16. The number of hydrogen-bond donors (Lipinski definition) is 4. The van der Waals surface area contributed by atoms with Crippen molar-refractivity contribution < 1.29 is 14.7 Å². The molecule has 80 valence electrons. The Labute approximate surface area is 85.9 Å². The average molecular weight is 209 g/mol. The third-order valence-corrected chi connectivity index (χ3v) is 1.74. The molecule has 1 aromatic rings. The zero-order valence-corrected chi connectivity index (χ0v) is 7.86. The lowest BCUT2D eigenvalue weighted by Crippen LogP contribution is -2.33. The number of carbonyl (C=O) groups excluding carboxylic acids is 2. The summed E-state index contributed by atoms with van der Waals surface area (Å²) in [4.78, 5) is 21.8. The first kappa shape index (κ1) is 10.8. The molecule has 0 aliphatic carbocycles. The van der Waals surface area contributed by atoms with E-state index in [0.29, 0.717) is 0 Å². The van der Waals surface area contributed by atoms with Crippen LogP contribution in [0.4, 0.5) is 5.69 Å². The molecule has 0 atom stereocenters. The van der Waals surface area contributed by atoms with Gasteiger partial charge in [-0.15, -0.1) is 0 Å². The highest BCUT2D eigenvalue weighted by molar-refractivity contribution is 5.99. The molecule has 0 fully saturated rings. The first-order chi connectivity index (χ1) is 7.02. The topological polar surface area (TPSA) is 118 Å². The Morgan fingerprint density at radius 3 is 2.67 bits per heavy atom. The van der Waals surface area contributed by atoms with E-state index in [0.717, 1.165) is 0 Å². The monoisotopic (exact) mass is 209 g/mol. The van der Waals surface area contributed by atoms with E-state index in [1.807, 2.05) is 0 Å². The molecular weight excluding hydrogens is 198 g/mol. The number of primary amides is 1. The lowest BCUT2D eigenvalue weighted by molar-refractivity contribution is -0.117. The number of hydrogen-bond acceptors (Lipinski definition) is 4. The zero-order chi connectivity index (χ0) is 11.4. The highest BCUT2D eigenvalue weighted by atomic mass is 16.3. The van der Waals surface area contributed by atoms with E-state index in [2.05, 4.69) is 5.32 Å².